The quantitative estimate of drug-likeness (QED) is 0.440. The molecule has 0 aliphatic carbocycles. The van der Waals surface area contributed by atoms with Crippen molar-refractivity contribution in [2.75, 3.05) is 5.01 Å². The Hall–Kier alpha value is -4.30. The van der Waals surface area contributed by atoms with Crippen LogP contribution in [0.3, 0.4) is 0 Å². The number of aromatic nitrogens is 3. The van der Waals surface area contributed by atoms with Gasteiger partial charge in [-0.1, -0.05) is 34.1 Å². The van der Waals surface area contributed by atoms with Crippen LogP contribution in [-0.4, -0.2) is 15.8 Å². The summed E-state index contributed by atoms with van der Waals surface area (Å²) >= 11 is 0. The van der Waals surface area contributed by atoms with E-state index in [2.05, 4.69) is 10.1 Å². The highest BCUT2D eigenvalue weighted by Crippen LogP contribution is 2.30. The molecule has 1 unspecified atom stereocenters. The lowest BCUT2D eigenvalue weighted by molar-refractivity contribution is -0.692. The monoisotopic (exact) mass is 456 g/mol. The summed E-state index contributed by atoms with van der Waals surface area (Å²) in [6.45, 7) is 1.92. The van der Waals surface area contributed by atoms with Crippen LogP contribution in [0.1, 0.15) is 23.9 Å². The maximum Gasteiger partial charge on any atom is 0.219 e. The van der Waals surface area contributed by atoms with E-state index in [1.807, 2.05) is 77.7 Å². The zero-order chi connectivity index (χ0) is 23.5. The van der Waals surface area contributed by atoms with Crippen molar-refractivity contribution in [2.24, 2.45) is 5.73 Å². The number of benzene rings is 1. The Labute approximate surface area is 196 Å². The summed E-state index contributed by atoms with van der Waals surface area (Å²) in [5.41, 5.74) is 8.33. The van der Waals surface area contributed by atoms with Crippen molar-refractivity contribution in [2.45, 2.75) is 19.0 Å². The smallest absolute Gasteiger partial charge is 0.219 e. The molecule has 7 nitrogen and oxygen atoms in total. The average Bonchev–Trinajstić information content (AvgIpc) is 3.30. The summed E-state index contributed by atoms with van der Waals surface area (Å²) in [5, 5.41) is 6.14. The van der Waals surface area contributed by atoms with Crippen molar-refractivity contribution < 1.29 is 18.3 Å². The van der Waals surface area contributed by atoms with Gasteiger partial charge in [-0.2, -0.15) is 0 Å². The van der Waals surface area contributed by atoms with Gasteiger partial charge in [-0.25, -0.2) is 9.37 Å². The normalized spacial score (nSPS) is 17.5. The maximum atomic E-state index is 13.8. The van der Waals surface area contributed by atoms with Gasteiger partial charge in [0.05, 0.1) is 11.9 Å². The summed E-state index contributed by atoms with van der Waals surface area (Å²) < 4.78 is 26.9. The molecule has 0 saturated carbocycles. The van der Waals surface area contributed by atoms with Crippen molar-refractivity contribution in [1.29, 1.82) is 0 Å². The zero-order valence-corrected chi connectivity index (χ0v) is 18.5. The number of ether oxygens (including phenoxy) is 1. The van der Waals surface area contributed by atoms with E-state index in [1.165, 1.54) is 6.07 Å². The van der Waals surface area contributed by atoms with Crippen LogP contribution >= 0.6 is 0 Å². The van der Waals surface area contributed by atoms with Crippen LogP contribution in [0.15, 0.2) is 102 Å². The topological polar surface area (TPSA) is 81.3 Å². The van der Waals surface area contributed by atoms with E-state index in [0.717, 1.165) is 16.8 Å². The Bertz CT molecular complexity index is 1350. The van der Waals surface area contributed by atoms with Crippen LogP contribution in [0.2, 0.25) is 0 Å². The fourth-order valence-corrected chi connectivity index (χ4v) is 3.80. The summed E-state index contributed by atoms with van der Waals surface area (Å²) in [4.78, 5) is 4.28. The Balaban J connectivity index is 1.30. The molecule has 0 amide bonds. The second-order valence-corrected chi connectivity index (χ2v) is 8.07. The fourth-order valence-electron chi connectivity index (χ4n) is 3.80. The second-order valence-electron chi connectivity index (χ2n) is 8.07. The van der Waals surface area contributed by atoms with Gasteiger partial charge in [-0.3, -0.25) is 0 Å². The van der Waals surface area contributed by atoms with Crippen LogP contribution in [0.25, 0.3) is 5.57 Å². The Morgan fingerprint density at radius 2 is 1.94 bits per heavy atom. The van der Waals surface area contributed by atoms with E-state index < -0.39 is 11.5 Å². The van der Waals surface area contributed by atoms with E-state index in [-0.39, 0.29) is 5.75 Å². The molecule has 4 aromatic rings. The SMILES string of the molecule is CC1(N)C(c2cc(Cc3ccc(Oc4ccccc4F)nc3)no2)=CC=CN1[n+]1ccccc1. The highest BCUT2D eigenvalue weighted by molar-refractivity contribution is 5.73. The van der Waals surface area contributed by atoms with Gasteiger partial charge in [-0.15, -0.1) is 5.01 Å². The summed E-state index contributed by atoms with van der Waals surface area (Å²) in [5.74, 6) is 0.599. The van der Waals surface area contributed by atoms with Crippen LogP contribution in [-0.2, 0) is 6.42 Å². The predicted octanol–water partition coefficient (Wildman–Crippen LogP) is 4.10. The molecular formula is C26H23FN5O2+. The van der Waals surface area contributed by atoms with E-state index in [4.69, 9.17) is 15.0 Å². The summed E-state index contributed by atoms with van der Waals surface area (Å²) in [6.07, 6.45) is 11.8. The molecule has 1 aliphatic rings. The summed E-state index contributed by atoms with van der Waals surface area (Å²) in [7, 11) is 0. The molecule has 0 fully saturated rings. The van der Waals surface area contributed by atoms with Gasteiger partial charge < -0.3 is 15.0 Å². The molecule has 2 N–H and O–H groups in total. The van der Waals surface area contributed by atoms with Crippen LogP contribution in [0, 0.1) is 5.82 Å². The first-order valence-electron chi connectivity index (χ1n) is 10.8. The number of hydrogen-bond donors (Lipinski definition) is 1. The molecule has 5 rings (SSSR count). The number of rotatable bonds is 6. The van der Waals surface area contributed by atoms with Gasteiger partial charge in [-0.05, 0) is 36.8 Å². The molecule has 0 bridgehead atoms. The van der Waals surface area contributed by atoms with Gasteiger partial charge in [0, 0.05) is 42.5 Å². The third-order valence-electron chi connectivity index (χ3n) is 5.52. The molecule has 170 valence electrons. The lowest BCUT2D eigenvalue weighted by Gasteiger charge is -2.34. The van der Waals surface area contributed by atoms with Crippen molar-refractivity contribution in [3.8, 4) is 11.6 Å². The number of nitrogens with two attached hydrogens (primary N) is 1. The first-order valence-corrected chi connectivity index (χ1v) is 10.8. The molecule has 34 heavy (non-hydrogen) atoms. The van der Waals surface area contributed by atoms with Crippen LogP contribution in [0.5, 0.6) is 11.6 Å². The maximum absolute atomic E-state index is 13.8. The average molecular weight is 457 g/mol. The minimum atomic E-state index is -0.856. The lowest BCUT2D eigenvalue weighted by atomic mass is 9.96. The largest absolute Gasteiger partial charge is 0.436 e. The van der Waals surface area contributed by atoms with Gasteiger partial charge in [0.25, 0.3) is 0 Å². The van der Waals surface area contributed by atoms with E-state index in [9.17, 15) is 4.39 Å². The number of pyridine rings is 2. The van der Waals surface area contributed by atoms with Gasteiger partial charge >= 0.3 is 0 Å². The number of para-hydroxylation sites is 1. The van der Waals surface area contributed by atoms with E-state index in [0.29, 0.717) is 18.1 Å². The van der Waals surface area contributed by atoms with Crippen molar-refractivity contribution in [3.05, 3.63) is 120 Å². The standard InChI is InChI=1S/C26H23FN5O2/c1-26(28)21(8-7-15-32(26)31-13-5-2-6-14-31)24-17-20(30-34-24)16-19-11-12-25(29-18-19)33-23-10-4-3-9-22(23)27/h2-15,17-18H,16,28H2,1H3/q+1. The number of nitrogens with zero attached hydrogens (tertiary/aromatic N) is 4. The highest BCUT2D eigenvalue weighted by atomic mass is 19.1. The predicted molar refractivity (Wildman–Crippen MR) is 125 cm³/mol. The van der Waals surface area contributed by atoms with Crippen molar-refractivity contribution >= 4 is 5.57 Å². The minimum Gasteiger partial charge on any atom is -0.436 e. The molecule has 1 aliphatic heterocycles. The lowest BCUT2D eigenvalue weighted by Crippen LogP contribution is -2.69. The van der Waals surface area contributed by atoms with Crippen LogP contribution in [0.4, 0.5) is 4.39 Å². The van der Waals surface area contributed by atoms with Crippen LogP contribution < -0.4 is 20.2 Å². The molecule has 0 spiro atoms. The molecule has 0 radical (unpaired) electrons. The first kappa shape index (κ1) is 21.5. The molecule has 1 atom stereocenters. The molecule has 0 saturated heterocycles. The first-order chi connectivity index (χ1) is 16.5. The van der Waals surface area contributed by atoms with Crippen molar-refractivity contribution in [1.82, 2.24) is 10.1 Å². The molecule has 4 heterocycles. The fraction of sp³-hybridized carbons (Fsp3) is 0.115. The Morgan fingerprint density at radius 1 is 1.12 bits per heavy atom. The molecule has 8 heteroatoms. The Morgan fingerprint density at radius 3 is 2.71 bits per heavy atom. The molecule has 1 aromatic carbocycles. The van der Waals surface area contributed by atoms with Gasteiger partial charge in [0.15, 0.2) is 35.4 Å². The third kappa shape index (κ3) is 4.31. The molecule has 3 aromatic heterocycles. The number of halogens is 1. The van der Waals surface area contributed by atoms with Gasteiger partial charge in [0.1, 0.15) is 0 Å². The zero-order valence-electron chi connectivity index (χ0n) is 18.5. The third-order valence-corrected chi connectivity index (χ3v) is 5.52. The molecular weight excluding hydrogens is 433 g/mol. The number of hydrogen-bond acceptors (Lipinski definition) is 6. The van der Waals surface area contributed by atoms with Crippen molar-refractivity contribution in [3.63, 3.8) is 0 Å². The highest BCUT2D eigenvalue weighted by Gasteiger charge is 2.40. The second kappa shape index (κ2) is 8.92. The number of allylic oxidation sites excluding steroid dienone is 2. The minimum absolute atomic E-state index is 0.131. The van der Waals surface area contributed by atoms with E-state index in [1.54, 1.807) is 30.5 Å². The summed E-state index contributed by atoms with van der Waals surface area (Å²) in [6, 6.07) is 17.5. The van der Waals surface area contributed by atoms with Gasteiger partial charge in [0.2, 0.25) is 5.88 Å². The Kier molecular flexibility index (Phi) is 5.65. The van der Waals surface area contributed by atoms with E-state index >= 15 is 0 Å².